The average Bonchev–Trinajstić information content (AvgIpc) is 2.94. The van der Waals surface area contributed by atoms with E-state index in [4.69, 9.17) is 4.74 Å². The molecule has 0 radical (unpaired) electrons. The van der Waals surface area contributed by atoms with Gasteiger partial charge in [-0.3, -0.25) is 4.98 Å². The zero-order valence-electron chi connectivity index (χ0n) is 14.4. The molecular weight excluding hydrogens is 410 g/mol. The summed E-state index contributed by atoms with van der Waals surface area (Å²) in [6, 6.07) is 4.65. The Morgan fingerprint density at radius 1 is 1.40 bits per heavy atom. The Labute approximate surface area is 155 Å². The van der Waals surface area contributed by atoms with Gasteiger partial charge >= 0.3 is 6.09 Å². The number of alkyl carbamates (subject to hydrolysis) is 1. The number of hydrogen-bond donors (Lipinski definition) is 1. The summed E-state index contributed by atoms with van der Waals surface area (Å²) in [6.07, 6.45) is 3.02. The third-order valence-corrected chi connectivity index (χ3v) is 5.98. The van der Waals surface area contributed by atoms with E-state index in [-0.39, 0.29) is 4.90 Å². The van der Waals surface area contributed by atoms with E-state index in [1.165, 1.54) is 31.7 Å². The highest BCUT2D eigenvalue weighted by Gasteiger charge is 2.32. The molecule has 1 atom stereocenters. The number of ether oxygens (including phenoxy) is 1. The van der Waals surface area contributed by atoms with E-state index in [0.717, 1.165) is 3.97 Å². The molecule has 0 aliphatic carbocycles. The zero-order valence-corrected chi connectivity index (χ0v) is 16.8. The molecule has 25 heavy (non-hydrogen) atoms. The van der Waals surface area contributed by atoms with Gasteiger partial charge in [0.25, 0.3) is 10.0 Å². The molecule has 2 rings (SSSR count). The van der Waals surface area contributed by atoms with Gasteiger partial charge in [-0.1, -0.05) is 20.8 Å². The molecule has 2 heterocycles. The smallest absolute Gasteiger partial charge is 0.407 e. The van der Waals surface area contributed by atoms with Crippen molar-refractivity contribution in [2.24, 2.45) is 5.41 Å². The Morgan fingerprint density at radius 2 is 2.08 bits per heavy atom. The number of pyridine rings is 1. The SMILES string of the molecule is CNC(=O)OC(c1cc(Br)n(S(=O)(=O)c2cccnc2)c1)C(C)(C)C. The summed E-state index contributed by atoms with van der Waals surface area (Å²) in [5.74, 6) is 0. The molecule has 0 aliphatic rings. The zero-order chi connectivity index (χ0) is 18.8. The van der Waals surface area contributed by atoms with E-state index in [2.05, 4.69) is 26.2 Å². The van der Waals surface area contributed by atoms with Crippen molar-refractivity contribution in [3.8, 4) is 0 Å². The predicted molar refractivity (Wildman–Crippen MR) is 96.7 cm³/mol. The fraction of sp³-hybridized carbons (Fsp3) is 0.375. The summed E-state index contributed by atoms with van der Waals surface area (Å²) in [6.45, 7) is 5.71. The Hall–Kier alpha value is -1.87. The van der Waals surface area contributed by atoms with Crippen LogP contribution in [-0.4, -0.2) is 30.5 Å². The monoisotopic (exact) mass is 429 g/mol. The number of carbonyl (C=O) groups excluding carboxylic acids is 1. The van der Waals surface area contributed by atoms with Crippen molar-refractivity contribution < 1.29 is 17.9 Å². The van der Waals surface area contributed by atoms with Gasteiger partial charge in [-0.25, -0.2) is 17.2 Å². The predicted octanol–water partition coefficient (Wildman–Crippen LogP) is 3.33. The molecule has 0 bridgehead atoms. The highest BCUT2D eigenvalue weighted by Crippen LogP contribution is 2.38. The van der Waals surface area contributed by atoms with Gasteiger partial charge in [-0.2, -0.15) is 0 Å². The molecule has 136 valence electrons. The van der Waals surface area contributed by atoms with Gasteiger partial charge in [0, 0.05) is 36.6 Å². The third-order valence-electron chi connectivity index (χ3n) is 3.47. The Kier molecular flexibility index (Phi) is 5.58. The molecule has 0 spiro atoms. The van der Waals surface area contributed by atoms with Crippen LogP contribution in [-0.2, 0) is 14.8 Å². The number of carbonyl (C=O) groups is 1. The minimum atomic E-state index is -3.81. The molecule has 2 aromatic heterocycles. The van der Waals surface area contributed by atoms with Crippen molar-refractivity contribution in [2.75, 3.05) is 7.05 Å². The van der Waals surface area contributed by atoms with Crippen molar-refractivity contribution in [3.05, 3.63) is 47.0 Å². The number of nitrogens with zero attached hydrogens (tertiary/aromatic N) is 2. The maximum atomic E-state index is 12.8. The van der Waals surface area contributed by atoms with E-state index < -0.39 is 27.6 Å². The minimum absolute atomic E-state index is 0.0670. The van der Waals surface area contributed by atoms with Gasteiger partial charge in [-0.05, 0) is 34.1 Å². The summed E-state index contributed by atoms with van der Waals surface area (Å²) >= 11 is 3.28. The molecule has 0 aliphatic heterocycles. The quantitative estimate of drug-likeness (QED) is 0.804. The number of halogens is 1. The highest BCUT2D eigenvalue weighted by molar-refractivity contribution is 9.10. The van der Waals surface area contributed by atoms with Gasteiger partial charge in [0.1, 0.15) is 15.6 Å². The molecule has 1 amide bonds. The fourth-order valence-corrected chi connectivity index (χ4v) is 4.44. The number of aromatic nitrogens is 2. The summed E-state index contributed by atoms with van der Waals surface area (Å²) in [7, 11) is -2.34. The standard InChI is InChI=1S/C16H20BrN3O4S/c1-16(2,3)14(24-15(21)18-4)11-8-13(17)20(10-11)25(22,23)12-6-5-7-19-9-12/h5-10,14H,1-4H3,(H,18,21). The van der Waals surface area contributed by atoms with Crippen molar-refractivity contribution in [3.63, 3.8) is 0 Å². The first kappa shape index (κ1) is 19.5. The Balaban J connectivity index is 2.49. The molecule has 1 unspecified atom stereocenters. The van der Waals surface area contributed by atoms with Crippen LogP contribution < -0.4 is 5.32 Å². The van der Waals surface area contributed by atoms with E-state index in [9.17, 15) is 13.2 Å². The first-order valence-electron chi connectivity index (χ1n) is 7.49. The van der Waals surface area contributed by atoms with Gasteiger partial charge in [-0.15, -0.1) is 0 Å². The van der Waals surface area contributed by atoms with Crippen LogP contribution in [0.25, 0.3) is 0 Å². The summed E-state index contributed by atoms with van der Waals surface area (Å²) in [5.41, 5.74) is 0.131. The number of hydrogen-bond acceptors (Lipinski definition) is 5. The van der Waals surface area contributed by atoms with Crippen LogP contribution in [0.4, 0.5) is 4.79 Å². The second kappa shape index (κ2) is 7.17. The van der Waals surface area contributed by atoms with Gasteiger partial charge in [0.2, 0.25) is 0 Å². The lowest BCUT2D eigenvalue weighted by Gasteiger charge is -2.29. The van der Waals surface area contributed by atoms with Crippen LogP contribution in [0.2, 0.25) is 0 Å². The lowest BCUT2D eigenvalue weighted by molar-refractivity contribution is 0.0315. The maximum absolute atomic E-state index is 12.8. The van der Waals surface area contributed by atoms with Gasteiger partial charge in [0.15, 0.2) is 0 Å². The average molecular weight is 430 g/mol. The number of rotatable bonds is 4. The molecular formula is C16H20BrN3O4S. The second-order valence-corrected chi connectivity index (χ2v) is 9.11. The molecule has 0 saturated carbocycles. The molecule has 0 aromatic carbocycles. The summed E-state index contributed by atoms with van der Waals surface area (Å²) < 4.78 is 32.5. The van der Waals surface area contributed by atoms with Crippen LogP contribution in [0.5, 0.6) is 0 Å². The van der Waals surface area contributed by atoms with Crippen molar-refractivity contribution >= 4 is 32.0 Å². The van der Waals surface area contributed by atoms with Crippen LogP contribution in [0, 0.1) is 5.41 Å². The van der Waals surface area contributed by atoms with Gasteiger partial charge < -0.3 is 10.1 Å². The first-order valence-corrected chi connectivity index (χ1v) is 9.72. The van der Waals surface area contributed by atoms with E-state index in [0.29, 0.717) is 10.2 Å². The van der Waals surface area contributed by atoms with E-state index >= 15 is 0 Å². The number of amides is 1. The maximum Gasteiger partial charge on any atom is 0.407 e. The highest BCUT2D eigenvalue weighted by atomic mass is 79.9. The van der Waals surface area contributed by atoms with Crippen LogP contribution in [0.15, 0.2) is 46.3 Å². The summed E-state index contributed by atoms with van der Waals surface area (Å²) in [5, 5.41) is 2.41. The lowest BCUT2D eigenvalue weighted by Crippen LogP contribution is -2.28. The first-order chi connectivity index (χ1) is 11.6. The molecule has 0 fully saturated rings. The molecule has 1 N–H and O–H groups in total. The van der Waals surface area contributed by atoms with Crippen molar-refractivity contribution in [1.29, 1.82) is 0 Å². The Morgan fingerprint density at radius 3 is 2.60 bits per heavy atom. The largest absolute Gasteiger partial charge is 0.441 e. The number of nitrogens with one attached hydrogen (secondary N) is 1. The fourth-order valence-electron chi connectivity index (χ4n) is 2.29. The van der Waals surface area contributed by atoms with Crippen LogP contribution >= 0.6 is 15.9 Å². The van der Waals surface area contributed by atoms with Crippen LogP contribution in [0.3, 0.4) is 0 Å². The van der Waals surface area contributed by atoms with E-state index in [1.54, 1.807) is 12.1 Å². The molecule has 2 aromatic rings. The normalized spacial score (nSPS) is 13.3. The van der Waals surface area contributed by atoms with Crippen molar-refractivity contribution in [1.82, 2.24) is 14.3 Å². The minimum Gasteiger partial charge on any atom is -0.441 e. The van der Waals surface area contributed by atoms with Crippen molar-refractivity contribution in [2.45, 2.75) is 31.8 Å². The lowest BCUT2D eigenvalue weighted by atomic mass is 9.85. The second-order valence-electron chi connectivity index (χ2n) is 6.49. The van der Waals surface area contributed by atoms with E-state index in [1.807, 2.05) is 20.8 Å². The topological polar surface area (TPSA) is 90.3 Å². The van der Waals surface area contributed by atoms with Crippen LogP contribution in [0.1, 0.15) is 32.4 Å². The molecule has 7 nitrogen and oxygen atoms in total. The molecule has 0 saturated heterocycles. The molecule has 9 heteroatoms. The Bertz CT molecular complexity index is 857. The third kappa shape index (κ3) is 4.21. The summed E-state index contributed by atoms with van der Waals surface area (Å²) in [4.78, 5) is 15.6. The van der Waals surface area contributed by atoms with Gasteiger partial charge in [0.05, 0.1) is 0 Å².